The zero-order valence-corrected chi connectivity index (χ0v) is 12.1. The van der Waals surface area contributed by atoms with Crippen LogP contribution in [-0.4, -0.2) is 51.8 Å². The van der Waals surface area contributed by atoms with Crippen molar-refractivity contribution in [3.05, 3.63) is 42.5 Å². The van der Waals surface area contributed by atoms with Crippen molar-refractivity contribution < 1.29 is 4.79 Å². The third-order valence-corrected chi connectivity index (χ3v) is 3.69. The van der Waals surface area contributed by atoms with E-state index >= 15 is 0 Å². The predicted molar refractivity (Wildman–Crippen MR) is 80.0 cm³/mol. The molecule has 2 heterocycles. The Hall–Kier alpha value is -2.88. The zero-order valence-electron chi connectivity index (χ0n) is 12.1. The molecule has 1 fully saturated rings. The Balaban J connectivity index is 1.55. The van der Waals surface area contributed by atoms with E-state index < -0.39 is 0 Å². The number of nitriles is 1. The lowest BCUT2D eigenvalue weighted by molar-refractivity contribution is -0.132. The first-order chi connectivity index (χ1) is 10.8. The number of carbonyl (C=O) groups excluding carboxylic acids is 1. The van der Waals surface area contributed by atoms with E-state index in [0.29, 0.717) is 13.1 Å². The molecule has 1 aromatic carbocycles. The maximum Gasteiger partial charge on any atom is 0.252 e. The van der Waals surface area contributed by atoms with E-state index in [1.165, 1.54) is 16.7 Å². The maximum atomic E-state index is 12.2. The van der Waals surface area contributed by atoms with Crippen LogP contribution >= 0.6 is 0 Å². The van der Waals surface area contributed by atoms with Crippen LogP contribution in [0.25, 0.3) is 0 Å². The van der Waals surface area contributed by atoms with E-state index in [-0.39, 0.29) is 18.3 Å². The van der Waals surface area contributed by atoms with Crippen LogP contribution in [0.15, 0.2) is 36.7 Å². The Morgan fingerprint density at radius 1 is 1.18 bits per heavy atom. The van der Waals surface area contributed by atoms with E-state index in [0.717, 1.165) is 13.1 Å². The van der Waals surface area contributed by atoms with Gasteiger partial charge < -0.3 is 9.80 Å². The Labute approximate surface area is 128 Å². The molecule has 1 aromatic heterocycles. The molecule has 1 saturated heterocycles. The second kappa shape index (κ2) is 6.26. The number of aromatic nitrogens is 3. The van der Waals surface area contributed by atoms with Crippen molar-refractivity contribution in [1.29, 1.82) is 5.26 Å². The maximum absolute atomic E-state index is 12.2. The molecule has 0 N–H and O–H groups in total. The van der Waals surface area contributed by atoms with Gasteiger partial charge in [-0.15, -0.1) is 5.10 Å². The van der Waals surface area contributed by atoms with Gasteiger partial charge in [-0.2, -0.15) is 5.26 Å². The number of amides is 1. The number of benzene rings is 1. The highest BCUT2D eigenvalue weighted by Crippen LogP contribution is 2.15. The van der Waals surface area contributed by atoms with Gasteiger partial charge in [0.25, 0.3) is 5.82 Å². The van der Waals surface area contributed by atoms with E-state index in [1.54, 1.807) is 0 Å². The van der Waals surface area contributed by atoms with Gasteiger partial charge in [-0.1, -0.05) is 18.2 Å². The SMILES string of the molecule is N#Cc1ncn(CC(=O)N2CCN(c3ccccc3)CC2)n1. The molecule has 0 atom stereocenters. The molecule has 2 aromatic rings. The first-order valence-corrected chi connectivity index (χ1v) is 7.13. The summed E-state index contributed by atoms with van der Waals surface area (Å²) < 4.78 is 1.41. The van der Waals surface area contributed by atoms with Gasteiger partial charge in [-0.25, -0.2) is 9.67 Å². The molecule has 0 spiro atoms. The van der Waals surface area contributed by atoms with Gasteiger partial charge in [0.05, 0.1) is 0 Å². The molecule has 7 heteroatoms. The molecule has 7 nitrogen and oxygen atoms in total. The minimum atomic E-state index is 0.00195. The molecule has 0 saturated carbocycles. The van der Waals surface area contributed by atoms with E-state index in [4.69, 9.17) is 5.26 Å². The van der Waals surface area contributed by atoms with Gasteiger partial charge in [0.15, 0.2) is 0 Å². The molecule has 22 heavy (non-hydrogen) atoms. The van der Waals surface area contributed by atoms with Crippen LogP contribution in [-0.2, 0) is 11.3 Å². The van der Waals surface area contributed by atoms with Crippen molar-refractivity contribution in [2.45, 2.75) is 6.54 Å². The van der Waals surface area contributed by atoms with Crippen LogP contribution in [0.1, 0.15) is 5.82 Å². The smallest absolute Gasteiger partial charge is 0.252 e. The first kappa shape index (κ1) is 14.1. The van der Waals surface area contributed by atoms with Crippen LogP contribution in [0.5, 0.6) is 0 Å². The monoisotopic (exact) mass is 296 g/mol. The highest BCUT2D eigenvalue weighted by atomic mass is 16.2. The first-order valence-electron chi connectivity index (χ1n) is 7.13. The van der Waals surface area contributed by atoms with Gasteiger partial charge in [-0.3, -0.25) is 4.79 Å². The largest absolute Gasteiger partial charge is 0.368 e. The van der Waals surface area contributed by atoms with Crippen LogP contribution in [0, 0.1) is 11.3 Å². The quantitative estimate of drug-likeness (QED) is 0.824. The second-order valence-corrected chi connectivity index (χ2v) is 5.08. The number of carbonyl (C=O) groups is 1. The third-order valence-electron chi connectivity index (χ3n) is 3.69. The minimum Gasteiger partial charge on any atom is -0.368 e. The van der Waals surface area contributed by atoms with E-state index in [2.05, 4.69) is 27.1 Å². The number of anilines is 1. The lowest BCUT2D eigenvalue weighted by Crippen LogP contribution is -2.49. The molecule has 112 valence electrons. The lowest BCUT2D eigenvalue weighted by Gasteiger charge is -2.36. The summed E-state index contributed by atoms with van der Waals surface area (Å²) in [7, 11) is 0. The summed E-state index contributed by atoms with van der Waals surface area (Å²) >= 11 is 0. The van der Waals surface area contributed by atoms with Gasteiger partial charge in [0.1, 0.15) is 18.9 Å². The van der Waals surface area contributed by atoms with Crippen molar-refractivity contribution in [1.82, 2.24) is 19.7 Å². The van der Waals surface area contributed by atoms with Gasteiger partial charge >= 0.3 is 0 Å². The molecule has 3 rings (SSSR count). The standard InChI is InChI=1S/C15H16N6O/c16-10-14-17-12-21(18-14)11-15(22)20-8-6-19(7-9-20)13-4-2-1-3-5-13/h1-5,12H,6-9,11H2. The molecule has 1 amide bonds. The highest BCUT2D eigenvalue weighted by Gasteiger charge is 2.21. The average molecular weight is 296 g/mol. The molecule has 0 unspecified atom stereocenters. The normalized spacial score (nSPS) is 14.7. The number of piperazine rings is 1. The Kier molecular flexibility index (Phi) is 4.01. The van der Waals surface area contributed by atoms with Crippen molar-refractivity contribution in [2.75, 3.05) is 31.1 Å². The topological polar surface area (TPSA) is 78.0 Å². The zero-order chi connectivity index (χ0) is 15.4. The van der Waals surface area contributed by atoms with Crippen molar-refractivity contribution in [3.63, 3.8) is 0 Å². The molecule has 1 aliphatic rings. The highest BCUT2D eigenvalue weighted by molar-refractivity contribution is 5.76. The summed E-state index contributed by atoms with van der Waals surface area (Å²) in [5.41, 5.74) is 1.18. The van der Waals surface area contributed by atoms with Gasteiger partial charge in [-0.05, 0) is 12.1 Å². The average Bonchev–Trinajstić information content (AvgIpc) is 3.03. The number of para-hydroxylation sites is 1. The molecule has 0 aliphatic carbocycles. The summed E-state index contributed by atoms with van der Waals surface area (Å²) in [4.78, 5) is 20.1. The molecule has 0 bridgehead atoms. The molecule has 1 aliphatic heterocycles. The third kappa shape index (κ3) is 3.06. The van der Waals surface area contributed by atoms with Crippen LogP contribution in [0.2, 0.25) is 0 Å². The summed E-state index contributed by atoms with van der Waals surface area (Å²) in [6.07, 6.45) is 1.41. The Morgan fingerprint density at radius 2 is 1.91 bits per heavy atom. The lowest BCUT2D eigenvalue weighted by atomic mass is 10.2. The van der Waals surface area contributed by atoms with Gasteiger partial charge in [0.2, 0.25) is 5.91 Å². The fourth-order valence-electron chi connectivity index (χ4n) is 2.51. The predicted octanol–water partition coefficient (Wildman–Crippen LogP) is 0.499. The van der Waals surface area contributed by atoms with Crippen molar-refractivity contribution in [3.8, 4) is 6.07 Å². The van der Waals surface area contributed by atoms with Crippen LogP contribution < -0.4 is 4.90 Å². The number of hydrogen-bond donors (Lipinski definition) is 0. The summed E-state index contributed by atoms with van der Waals surface area (Å²) in [6, 6.07) is 12.0. The summed E-state index contributed by atoms with van der Waals surface area (Å²) in [5, 5.41) is 12.6. The van der Waals surface area contributed by atoms with Gasteiger partial charge in [0, 0.05) is 31.9 Å². The second-order valence-electron chi connectivity index (χ2n) is 5.08. The van der Waals surface area contributed by atoms with Crippen molar-refractivity contribution in [2.24, 2.45) is 0 Å². The Bertz CT molecular complexity index is 682. The molecular weight excluding hydrogens is 280 g/mol. The molecular formula is C15H16N6O. The van der Waals surface area contributed by atoms with Crippen molar-refractivity contribution >= 4 is 11.6 Å². The number of hydrogen-bond acceptors (Lipinski definition) is 5. The number of nitrogens with zero attached hydrogens (tertiary/aromatic N) is 6. The fraction of sp³-hybridized carbons (Fsp3) is 0.333. The van der Waals surface area contributed by atoms with Crippen LogP contribution in [0.4, 0.5) is 5.69 Å². The minimum absolute atomic E-state index is 0.00195. The fourth-order valence-corrected chi connectivity index (χ4v) is 2.51. The Morgan fingerprint density at radius 3 is 2.55 bits per heavy atom. The number of rotatable bonds is 3. The van der Waals surface area contributed by atoms with Crippen LogP contribution in [0.3, 0.4) is 0 Å². The summed E-state index contributed by atoms with van der Waals surface area (Å²) in [5.74, 6) is 0.0869. The van der Waals surface area contributed by atoms with E-state index in [1.807, 2.05) is 29.2 Å². The summed E-state index contributed by atoms with van der Waals surface area (Å²) in [6.45, 7) is 3.13. The molecule has 0 radical (unpaired) electrons. The van der Waals surface area contributed by atoms with E-state index in [9.17, 15) is 4.79 Å².